The van der Waals surface area contributed by atoms with Gasteiger partial charge in [0.2, 0.25) is 0 Å². The molecule has 0 unspecified atom stereocenters. The van der Waals surface area contributed by atoms with Crippen molar-refractivity contribution in [2.75, 3.05) is 0 Å². The molecule has 0 saturated carbocycles. The molecule has 0 aliphatic rings. The number of hydrogen-bond donors (Lipinski definition) is 0. The van der Waals surface area contributed by atoms with Crippen LogP contribution in [0.3, 0.4) is 0 Å². The van der Waals surface area contributed by atoms with E-state index >= 15 is 0 Å². The molecule has 0 bridgehead atoms. The van der Waals surface area contributed by atoms with Crippen LogP contribution in [0.4, 0.5) is 0 Å². The highest BCUT2D eigenvalue weighted by Crippen LogP contribution is 2.34. The van der Waals surface area contributed by atoms with E-state index in [-0.39, 0.29) is 16.3 Å². The molecule has 0 radical (unpaired) electrons. The smallest absolute Gasteiger partial charge is 0.308 e. The summed E-state index contributed by atoms with van der Waals surface area (Å²) in [5.74, 6) is 0.161. The van der Waals surface area contributed by atoms with Crippen LogP contribution in [0.5, 0.6) is 5.75 Å². The van der Waals surface area contributed by atoms with E-state index in [1.54, 1.807) is 30.3 Å². The summed E-state index contributed by atoms with van der Waals surface area (Å²) in [5.41, 5.74) is 1.66. The molecule has 3 aromatic carbocycles. The Hall–Kier alpha value is -3.29. The highest BCUT2D eigenvalue weighted by Gasteiger charge is 2.13. The number of fused-ring (bicyclic) bond motifs is 1. The summed E-state index contributed by atoms with van der Waals surface area (Å²) < 4.78 is 6.86. The summed E-state index contributed by atoms with van der Waals surface area (Å²) in [6.07, 6.45) is 1.50. The molecule has 0 saturated heterocycles. The molecule has 0 atom stereocenters. The molecule has 154 valence electrons. The topological polar surface area (TPSA) is 73.5 Å². The maximum absolute atomic E-state index is 13.2. The predicted molar refractivity (Wildman–Crippen MR) is 125 cm³/mol. The molecule has 8 heteroatoms. The lowest BCUT2D eigenvalue weighted by Gasteiger charge is -2.10. The molecule has 1 aromatic heterocycles. The van der Waals surface area contributed by atoms with E-state index < -0.39 is 5.97 Å². The molecule has 4 rings (SSSR count). The van der Waals surface area contributed by atoms with Crippen LogP contribution in [0.2, 0.25) is 5.02 Å². The first-order valence-corrected chi connectivity index (χ1v) is 10.4. The minimum absolute atomic E-state index is 0.223. The van der Waals surface area contributed by atoms with Crippen LogP contribution in [-0.2, 0) is 4.79 Å². The quantitative estimate of drug-likeness (QED) is 0.219. The van der Waals surface area contributed by atoms with Gasteiger partial charge in [-0.1, -0.05) is 54.1 Å². The monoisotopic (exact) mass is 495 g/mol. The van der Waals surface area contributed by atoms with Crippen LogP contribution in [-0.4, -0.2) is 21.8 Å². The Labute approximate surface area is 190 Å². The number of rotatable bonds is 4. The Bertz CT molecular complexity index is 1360. The molecule has 0 N–H and O–H groups in total. The van der Waals surface area contributed by atoms with E-state index in [1.165, 1.54) is 17.8 Å². The van der Waals surface area contributed by atoms with Crippen molar-refractivity contribution in [1.82, 2.24) is 9.66 Å². The van der Waals surface area contributed by atoms with Crippen LogP contribution < -0.4 is 10.3 Å². The third-order valence-corrected chi connectivity index (χ3v) is 5.24. The first-order chi connectivity index (χ1) is 14.9. The SMILES string of the molecule is CC(=O)Oc1c(Cl)cc(C=Nn2c(-c3ccccc3)nc3ccccc3c2=O)cc1Br. The van der Waals surface area contributed by atoms with E-state index in [1.807, 2.05) is 36.4 Å². The van der Waals surface area contributed by atoms with Crippen molar-refractivity contribution >= 4 is 50.6 Å². The molecule has 0 fully saturated rings. The summed E-state index contributed by atoms with van der Waals surface area (Å²) in [5, 5.41) is 5.10. The molecule has 0 aliphatic carbocycles. The van der Waals surface area contributed by atoms with Gasteiger partial charge in [-0.15, -0.1) is 0 Å². The van der Waals surface area contributed by atoms with Crippen molar-refractivity contribution in [2.24, 2.45) is 5.10 Å². The van der Waals surface area contributed by atoms with Crippen molar-refractivity contribution in [2.45, 2.75) is 6.92 Å². The van der Waals surface area contributed by atoms with Crippen molar-refractivity contribution < 1.29 is 9.53 Å². The molecule has 4 aromatic rings. The summed E-state index contributed by atoms with van der Waals surface area (Å²) in [4.78, 5) is 29.1. The summed E-state index contributed by atoms with van der Waals surface area (Å²) in [7, 11) is 0. The van der Waals surface area contributed by atoms with E-state index in [4.69, 9.17) is 16.3 Å². The van der Waals surface area contributed by atoms with Gasteiger partial charge in [-0.05, 0) is 45.8 Å². The van der Waals surface area contributed by atoms with Crippen LogP contribution >= 0.6 is 27.5 Å². The molecule has 0 aliphatic heterocycles. The predicted octanol–water partition coefficient (Wildman–Crippen LogP) is 5.29. The molecular weight excluding hydrogens is 482 g/mol. The zero-order chi connectivity index (χ0) is 22.0. The highest BCUT2D eigenvalue weighted by atomic mass is 79.9. The fourth-order valence-electron chi connectivity index (χ4n) is 3.02. The lowest BCUT2D eigenvalue weighted by atomic mass is 10.2. The maximum atomic E-state index is 13.2. The summed E-state index contributed by atoms with van der Waals surface area (Å²) >= 11 is 9.59. The zero-order valence-corrected chi connectivity index (χ0v) is 18.6. The van der Waals surface area contributed by atoms with Crippen LogP contribution in [0.25, 0.3) is 22.3 Å². The Morgan fingerprint density at radius 3 is 2.55 bits per heavy atom. The number of para-hydroxylation sites is 1. The number of carbonyl (C=O) groups excluding carboxylic acids is 1. The number of hydrogen-bond acceptors (Lipinski definition) is 5. The zero-order valence-electron chi connectivity index (χ0n) is 16.3. The molecule has 6 nitrogen and oxygen atoms in total. The Morgan fingerprint density at radius 2 is 1.84 bits per heavy atom. The second kappa shape index (κ2) is 8.83. The molecule has 0 amide bonds. The van der Waals surface area contributed by atoms with Crippen LogP contribution in [0.1, 0.15) is 12.5 Å². The third-order valence-electron chi connectivity index (χ3n) is 4.37. The van der Waals surface area contributed by atoms with E-state index in [9.17, 15) is 9.59 Å². The number of ether oxygens (including phenoxy) is 1. The first-order valence-electron chi connectivity index (χ1n) is 9.23. The van der Waals surface area contributed by atoms with E-state index in [2.05, 4.69) is 26.0 Å². The van der Waals surface area contributed by atoms with Gasteiger partial charge < -0.3 is 4.74 Å². The lowest BCUT2D eigenvalue weighted by Crippen LogP contribution is -2.20. The average molecular weight is 497 g/mol. The molecule has 31 heavy (non-hydrogen) atoms. The lowest BCUT2D eigenvalue weighted by molar-refractivity contribution is -0.131. The standard InChI is InChI=1S/C23H15BrClN3O3/c1-14(29)31-21-18(24)11-15(12-19(21)25)13-26-28-22(16-7-3-2-4-8-16)27-20-10-6-5-9-17(20)23(28)30/h2-13H,1H3. The fourth-order valence-corrected chi connectivity index (χ4v) is 3.96. The largest absolute Gasteiger partial charge is 0.424 e. The van der Waals surface area contributed by atoms with Gasteiger partial charge in [0.1, 0.15) is 0 Å². The highest BCUT2D eigenvalue weighted by molar-refractivity contribution is 9.10. The Morgan fingerprint density at radius 1 is 1.13 bits per heavy atom. The van der Waals surface area contributed by atoms with E-state index in [0.29, 0.717) is 26.8 Å². The van der Waals surface area contributed by atoms with Gasteiger partial charge in [-0.3, -0.25) is 9.59 Å². The van der Waals surface area contributed by atoms with Gasteiger partial charge in [0, 0.05) is 12.5 Å². The van der Waals surface area contributed by atoms with Gasteiger partial charge >= 0.3 is 5.97 Å². The number of nitrogens with zero attached hydrogens (tertiary/aromatic N) is 3. The van der Waals surface area contributed by atoms with Crippen molar-refractivity contribution in [3.05, 3.63) is 92.1 Å². The van der Waals surface area contributed by atoms with Crippen LogP contribution in [0.15, 0.2) is 81.1 Å². The van der Waals surface area contributed by atoms with Gasteiger partial charge in [-0.2, -0.15) is 9.78 Å². The van der Waals surface area contributed by atoms with Gasteiger partial charge in [-0.25, -0.2) is 4.98 Å². The van der Waals surface area contributed by atoms with Crippen molar-refractivity contribution in [3.63, 3.8) is 0 Å². The third kappa shape index (κ3) is 4.42. The number of benzene rings is 3. The number of carbonyl (C=O) groups is 1. The Balaban J connectivity index is 1.85. The van der Waals surface area contributed by atoms with Gasteiger partial charge in [0.05, 0.1) is 26.6 Å². The van der Waals surface area contributed by atoms with Crippen LogP contribution in [0, 0.1) is 0 Å². The minimum Gasteiger partial charge on any atom is -0.424 e. The minimum atomic E-state index is -0.481. The molecule has 0 spiro atoms. The fraction of sp³-hybridized carbons (Fsp3) is 0.0435. The maximum Gasteiger partial charge on any atom is 0.308 e. The summed E-state index contributed by atoms with van der Waals surface area (Å²) in [6, 6.07) is 19.8. The first kappa shape index (κ1) is 21.0. The van der Waals surface area contributed by atoms with E-state index in [0.717, 1.165) is 5.56 Å². The van der Waals surface area contributed by atoms with Gasteiger partial charge in [0.25, 0.3) is 5.56 Å². The average Bonchev–Trinajstić information content (AvgIpc) is 2.76. The van der Waals surface area contributed by atoms with Crippen molar-refractivity contribution in [3.8, 4) is 17.1 Å². The molecule has 1 heterocycles. The summed E-state index contributed by atoms with van der Waals surface area (Å²) in [6.45, 7) is 1.29. The number of aromatic nitrogens is 2. The van der Waals surface area contributed by atoms with Crippen molar-refractivity contribution in [1.29, 1.82) is 0 Å². The normalized spacial score (nSPS) is 11.2. The van der Waals surface area contributed by atoms with Gasteiger partial charge in [0.15, 0.2) is 11.6 Å². The number of halogens is 2. The second-order valence-electron chi connectivity index (χ2n) is 6.59. The Kier molecular flexibility index (Phi) is 5.97. The molecular formula is C23H15BrClN3O3. The second-order valence-corrected chi connectivity index (χ2v) is 7.85. The number of esters is 1.